The number of ether oxygens (including phenoxy) is 3. The number of para-hydroxylation sites is 2. The van der Waals surface area contributed by atoms with E-state index in [1.165, 1.54) is 9.21 Å². The van der Waals surface area contributed by atoms with Crippen LogP contribution in [-0.2, 0) is 21.4 Å². The fourth-order valence-corrected chi connectivity index (χ4v) is 4.14. The second kappa shape index (κ2) is 8.20. The molecule has 1 amide bonds. The number of hydrogen-bond donors (Lipinski definition) is 0. The summed E-state index contributed by atoms with van der Waals surface area (Å²) in [6, 6.07) is 12.2. The Morgan fingerprint density at radius 3 is 2.52 bits per heavy atom. The summed E-state index contributed by atoms with van der Waals surface area (Å²) in [5, 5.41) is 0. The molecule has 0 fully saturated rings. The number of carbonyl (C=O) groups excluding carboxylic acids is 1. The molecule has 0 aliphatic carbocycles. The van der Waals surface area contributed by atoms with E-state index in [-0.39, 0.29) is 12.5 Å². The van der Waals surface area contributed by atoms with Crippen LogP contribution in [0.5, 0.6) is 17.2 Å². The van der Waals surface area contributed by atoms with Gasteiger partial charge in [-0.1, -0.05) is 18.2 Å². The zero-order valence-electron chi connectivity index (χ0n) is 16.8. The van der Waals surface area contributed by atoms with Gasteiger partial charge in [-0.3, -0.25) is 9.10 Å². The smallest absolute Gasteiger partial charge is 0.265 e. The van der Waals surface area contributed by atoms with Crippen molar-refractivity contribution in [2.45, 2.75) is 12.6 Å². The SMILES string of the molecule is COc1ccc(CN(C)C(=O)[C@@H]2CN(S(C)(=O)=O)c3ccccc3O2)cc1OC. The number of benzene rings is 2. The maximum Gasteiger partial charge on any atom is 0.265 e. The number of nitrogens with zero attached hydrogens (tertiary/aromatic N) is 2. The van der Waals surface area contributed by atoms with Crippen molar-refractivity contribution in [3.63, 3.8) is 0 Å². The van der Waals surface area contributed by atoms with Crippen LogP contribution in [0.15, 0.2) is 42.5 Å². The van der Waals surface area contributed by atoms with Crippen LogP contribution in [0.4, 0.5) is 5.69 Å². The number of rotatable bonds is 6. The number of likely N-dealkylation sites (N-methyl/N-ethyl adjacent to an activating group) is 1. The second-order valence-electron chi connectivity index (χ2n) is 6.75. The number of sulfonamides is 1. The van der Waals surface area contributed by atoms with Crippen LogP contribution >= 0.6 is 0 Å². The highest BCUT2D eigenvalue weighted by molar-refractivity contribution is 7.92. The maximum absolute atomic E-state index is 13.0. The fraction of sp³-hybridized carbons (Fsp3) is 0.350. The molecule has 3 rings (SSSR count). The van der Waals surface area contributed by atoms with Crippen LogP contribution < -0.4 is 18.5 Å². The first-order valence-corrected chi connectivity index (χ1v) is 10.8. The molecule has 8 nitrogen and oxygen atoms in total. The number of fused-ring (bicyclic) bond motifs is 1. The molecule has 2 aromatic rings. The van der Waals surface area contributed by atoms with Gasteiger partial charge >= 0.3 is 0 Å². The first-order valence-electron chi connectivity index (χ1n) is 8.94. The summed E-state index contributed by atoms with van der Waals surface area (Å²) in [6.07, 6.45) is 0.175. The van der Waals surface area contributed by atoms with Gasteiger partial charge in [-0.2, -0.15) is 0 Å². The van der Waals surface area contributed by atoms with Crippen LogP contribution in [0.25, 0.3) is 0 Å². The van der Waals surface area contributed by atoms with Crippen molar-refractivity contribution in [3.8, 4) is 17.2 Å². The molecule has 0 aromatic heterocycles. The monoisotopic (exact) mass is 420 g/mol. The van der Waals surface area contributed by atoms with Crippen molar-refractivity contribution in [1.82, 2.24) is 4.90 Å². The van der Waals surface area contributed by atoms with Gasteiger partial charge in [0.25, 0.3) is 5.91 Å². The van der Waals surface area contributed by atoms with Crippen LogP contribution in [0.3, 0.4) is 0 Å². The van der Waals surface area contributed by atoms with E-state index in [1.807, 2.05) is 6.07 Å². The van der Waals surface area contributed by atoms with Gasteiger partial charge in [-0.25, -0.2) is 8.42 Å². The van der Waals surface area contributed by atoms with Crippen LogP contribution in [0.1, 0.15) is 5.56 Å². The molecule has 156 valence electrons. The highest BCUT2D eigenvalue weighted by Crippen LogP contribution is 2.35. The Bertz CT molecular complexity index is 1010. The van der Waals surface area contributed by atoms with E-state index in [0.29, 0.717) is 29.5 Å². The van der Waals surface area contributed by atoms with E-state index >= 15 is 0 Å². The molecule has 9 heteroatoms. The summed E-state index contributed by atoms with van der Waals surface area (Å²) in [6.45, 7) is 0.227. The molecular weight excluding hydrogens is 396 g/mol. The van der Waals surface area contributed by atoms with E-state index in [4.69, 9.17) is 14.2 Å². The highest BCUT2D eigenvalue weighted by atomic mass is 32.2. The molecule has 1 aliphatic rings. The molecule has 29 heavy (non-hydrogen) atoms. The number of methoxy groups -OCH3 is 2. The average Bonchev–Trinajstić information content (AvgIpc) is 2.71. The molecule has 0 radical (unpaired) electrons. The molecule has 0 saturated carbocycles. The van der Waals surface area contributed by atoms with Gasteiger partial charge in [0, 0.05) is 13.6 Å². The quantitative estimate of drug-likeness (QED) is 0.710. The van der Waals surface area contributed by atoms with Crippen molar-refractivity contribution < 1.29 is 27.4 Å². The van der Waals surface area contributed by atoms with Crippen LogP contribution in [0.2, 0.25) is 0 Å². The lowest BCUT2D eigenvalue weighted by Crippen LogP contribution is -2.50. The Morgan fingerprint density at radius 2 is 1.86 bits per heavy atom. The van der Waals surface area contributed by atoms with E-state index in [2.05, 4.69) is 0 Å². The third-order valence-electron chi connectivity index (χ3n) is 4.65. The third kappa shape index (κ3) is 4.40. The standard InChI is InChI=1S/C20H24N2O6S/c1-21(12-14-9-10-17(26-2)18(11-14)27-3)20(23)19-13-22(29(4,24)25)15-7-5-6-8-16(15)28-19/h5-11,19H,12-13H2,1-4H3/t19-/m0/s1. The average molecular weight is 420 g/mol. The van der Waals surface area contributed by atoms with Crippen molar-refractivity contribution in [1.29, 1.82) is 0 Å². The number of hydrogen-bond acceptors (Lipinski definition) is 6. The van der Waals surface area contributed by atoms with Gasteiger partial charge < -0.3 is 19.1 Å². The summed E-state index contributed by atoms with van der Waals surface area (Å²) in [5.41, 5.74) is 1.27. The lowest BCUT2D eigenvalue weighted by molar-refractivity contribution is -0.137. The first-order chi connectivity index (χ1) is 13.7. The Morgan fingerprint density at radius 1 is 1.17 bits per heavy atom. The molecule has 0 N–H and O–H groups in total. The molecule has 0 unspecified atom stereocenters. The predicted molar refractivity (Wildman–Crippen MR) is 109 cm³/mol. The number of amides is 1. The zero-order chi connectivity index (χ0) is 21.2. The van der Waals surface area contributed by atoms with Crippen molar-refractivity contribution in [2.24, 2.45) is 0 Å². The van der Waals surface area contributed by atoms with Gasteiger partial charge in [0.2, 0.25) is 10.0 Å². The summed E-state index contributed by atoms with van der Waals surface area (Å²) in [5.74, 6) is 1.21. The molecule has 1 heterocycles. The number of anilines is 1. The van der Waals surface area contributed by atoms with Crippen molar-refractivity contribution >= 4 is 21.6 Å². The van der Waals surface area contributed by atoms with Gasteiger partial charge in [0.15, 0.2) is 17.6 Å². The van der Waals surface area contributed by atoms with Crippen LogP contribution in [-0.4, -0.2) is 59.4 Å². The Hall–Kier alpha value is -2.94. The van der Waals surface area contributed by atoms with Gasteiger partial charge in [-0.15, -0.1) is 0 Å². The lowest BCUT2D eigenvalue weighted by atomic mass is 10.1. The molecule has 0 spiro atoms. The fourth-order valence-electron chi connectivity index (χ4n) is 3.22. The van der Waals surface area contributed by atoms with E-state index in [0.717, 1.165) is 11.8 Å². The van der Waals surface area contributed by atoms with Gasteiger partial charge in [0.1, 0.15) is 5.75 Å². The van der Waals surface area contributed by atoms with Gasteiger partial charge in [-0.05, 0) is 29.8 Å². The molecule has 2 aromatic carbocycles. The number of carbonyl (C=O) groups is 1. The first kappa shape index (κ1) is 20.8. The summed E-state index contributed by atoms with van der Waals surface area (Å²) in [4.78, 5) is 14.5. The molecule has 1 atom stereocenters. The molecular formula is C20H24N2O6S. The minimum atomic E-state index is -3.55. The summed E-state index contributed by atoms with van der Waals surface area (Å²) in [7, 11) is 1.19. The Kier molecular flexibility index (Phi) is 5.88. The maximum atomic E-state index is 13.0. The largest absolute Gasteiger partial charge is 0.493 e. The third-order valence-corrected chi connectivity index (χ3v) is 5.80. The van der Waals surface area contributed by atoms with Gasteiger partial charge in [0.05, 0.1) is 32.7 Å². The normalized spacial score (nSPS) is 15.9. The van der Waals surface area contributed by atoms with Crippen molar-refractivity contribution in [3.05, 3.63) is 48.0 Å². The Balaban J connectivity index is 1.80. The van der Waals surface area contributed by atoms with Crippen molar-refractivity contribution in [2.75, 3.05) is 38.4 Å². The van der Waals surface area contributed by atoms with Crippen LogP contribution in [0, 0.1) is 0 Å². The van der Waals surface area contributed by atoms with E-state index in [9.17, 15) is 13.2 Å². The van der Waals surface area contributed by atoms with E-state index in [1.54, 1.807) is 57.7 Å². The summed E-state index contributed by atoms with van der Waals surface area (Å²) >= 11 is 0. The topological polar surface area (TPSA) is 85.4 Å². The minimum absolute atomic E-state index is 0.0784. The minimum Gasteiger partial charge on any atom is -0.493 e. The second-order valence-corrected chi connectivity index (χ2v) is 8.66. The molecule has 0 bridgehead atoms. The lowest BCUT2D eigenvalue weighted by Gasteiger charge is -2.35. The highest BCUT2D eigenvalue weighted by Gasteiger charge is 2.36. The zero-order valence-corrected chi connectivity index (χ0v) is 17.6. The molecule has 0 saturated heterocycles. The Labute approximate surface area is 170 Å². The molecule has 1 aliphatic heterocycles. The predicted octanol–water partition coefficient (Wildman–Crippen LogP) is 1.89. The van der Waals surface area contributed by atoms with E-state index < -0.39 is 16.1 Å². The summed E-state index contributed by atoms with van der Waals surface area (Å²) < 4.78 is 42.0.